The SMILES string of the molecule is COc1cccc(S(=O)(=O)N2CCc3cc(Br)cnc32)c1. The second kappa shape index (κ2) is 5.31. The zero-order chi connectivity index (χ0) is 15.0. The minimum absolute atomic E-state index is 0.208. The van der Waals surface area contributed by atoms with Crippen molar-refractivity contribution >= 4 is 31.8 Å². The zero-order valence-electron chi connectivity index (χ0n) is 11.3. The van der Waals surface area contributed by atoms with Gasteiger partial charge in [0.05, 0.1) is 12.0 Å². The summed E-state index contributed by atoms with van der Waals surface area (Å²) in [5.74, 6) is 1.01. The van der Waals surface area contributed by atoms with Crippen LogP contribution in [0, 0.1) is 0 Å². The lowest BCUT2D eigenvalue weighted by molar-refractivity contribution is 0.413. The van der Waals surface area contributed by atoms with Crippen molar-refractivity contribution < 1.29 is 13.2 Å². The van der Waals surface area contributed by atoms with Gasteiger partial charge in [0, 0.05) is 23.3 Å². The van der Waals surface area contributed by atoms with Gasteiger partial charge in [-0.3, -0.25) is 0 Å². The Hall–Kier alpha value is -1.60. The maximum atomic E-state index is 12.8. The maximum Gasteiger partial charge on any atom is 0.265 e. The van der Waals surface area contributed by atoms with E-state index in [1.807, 2.05) is 6.07 Å². The molecule has 0 fully saturated rings. The van der Waals surface area contributed by atoms with E-state index in [9.17, 15) is 8.42 Å². The first-order chi connectivity index (χ1) is 10.0. The highest BCUT2D eigenvalue weighted by Gasteiger charge is 2.32. The van der Waals surface area contributed by atoms with Gasteiger partial charge in [-0.25, -0.2) is 17.7 Å². The van der Waals surface area contributed by atoms with Gasteiger partial charge in [-0.2, -0.15) is 0 Å². The summed E-state index contributed by atoms with van der Waals surface area (Å²) in [7, 11) is -2.11. The van der Waals surface area contributed by atoms with Crippen LogP contribution >= 0.6 is 15.9 Å². The summed E-state index contributed by atoms with van der Waals surface area (Å²) in [5, 5.41) is 0. The molecule has 0 aliphatic carbocycles. The molecule has 0 unspecified atom stereocenters. The summed E-state index contributed by atoms with van der Waals surface area (Å²) in [6.07, 6.45) is 2.27. The van der Waals surface area contributed by atoms with Gasteiger partial charge in [0.2, 0.25) is 0 Å². The molecule has 1 aromatic carbocycles. The molecule has 2 aromatic rings. The minimum atomic E-state index is -3.62. The molecule has 2 heterocycles. The Morgan fingerprint density at radius 3 is 2.90 bits per heavy atom. The molecule has 3 rings (SSSR count). The van der Waals surface area contributed by atoms with Gasteiger partial charge >= 0.3 is 0 Å². The molecule has 0 saturated heterocycles. The van der Waals surface area contributed by atoms with Crippen molar-refractivity contribution in [3.63, 3.8) is 0 Å². The Morgan fingerprint density at radius 1 is 1.33 bits per heavy atom. The predicted molar refractivity (Wildman–Crippen MR) is 83.2 cm³/mol. The van der Waals surface area contributed by atoms with Crippen molar-refractivity contribution in [1.29, 1.82) is 0 Å². The van der Waals surface area contributed by atoms with E-state index < -0.39 is 10.0 Å². The monoisotopic (exact) mass is 368 g/mol. The normalized spacial score (nSPS) is 14.1. The van der Waals surface area contributed by atoms with Crippen LogP contribution in [0.5, 0.6) is 5.75 Å². The van der Waals surface area contributed by atoms with Crippen molar-refractivity contribution in [3.05, 3.63) is 46.6 Å². The van der Waals surface area contributed by atoms with Crippen LogP contribution in [0.1, 0.15) is 5.56 Å². The molecule has 0 bridgehead atoms. The van der Waals surface area contributed by atoms with Gasteiger partial charge in [0.1, 0.15) is 11.6 Å². The lowest BCUT2D eigenvalue weighted by Crippen LogP contribution is -2.29. The lowest BCUT2D eigenvalue weighted by Gasteiger charge is -2.18. The van der Waals surface area contributed by atoms with E-state index in [0.717, 1.165) is 10.0 Å². The molecule has 21 heavy (non-hydrogen) atoms. The van der Waals surface area contributed by atoms with Crippen LogP contribution in [-0.4, -0.2) is 27.1 Å². The number of rotatable bonds is 3. The van der Waals surface area contributed by atoms with Crippen LogP contribution in [0.25, 0.3) is 0 Å². The quantitative estimate of drug-likeness (QED) is 0.835. The molecule has 5 nitrogen and oxygen atoms in total. The highest BCUT2D eigenvalue weighted by Crippen LogP contribution is 2.33. The molecule has 1 aliphatic rings. The number of pyridine rings is 1. The molecule has 1 aromatic heterocycles. The van der Waals surface area contributed by atoms with Gasteiger partial charge in [-0.15, -0.1) is 0 Å². The van der Waals surface area contributed by atoms with Crippen LogP contribution in [0.3, 0.4) is 0 Å². The first-order valence-corrected chi connectivity index (χ1v) is 8.57. The molecule has 0 saturated carbocycles. The first kappa shape index (κ1) is 14.3. The molecular weight excluding hydrogens is 356 g/mol. The molecule has 0 spiro atoms. The topological polar surface area (TPSA) is 59.5 Å². The molecule has 7 heteroatoms. The van der Waals surface area contributed by atoms with Crippen molar-refractivity contribution in [2.24, 2.45) is 0 Å². The second-order valence-electron chi connectivity index (χ2n) is 4.64. The van der Waals surface area contributed by atoms with Crippen LogP contribution in [0.15, 0.2) is 45.9 Å². The van der Waals surface area contributed by atoms with E-state index in [0.29, 0.717) is 24.5 Å². The third-order valence-electron chi connectivity index (χ3n) is 3.36. The number of methoxy groups -OCH3 is 1. The molecule has 0 amide bonds. The number of benzene rings is 1. The van der Waals surface area contributed by atoms with Gasteiger partial charge in [0.15, 0.2) is 0 Å². The summed E-state index contributed by atoms with van der Waals surface area (Å²) in [6, 6.07) is 8.37. The van der Waals surface area contributed by atoms with Gasteiger partial charge in [0.25, 0.3) is 10.0 Å². The van der Waals surface area contributed by atoms with E-state index in [1.165, 1.54) is 17.5 Å². The van der Waals surface area contributed by atoms with E-state index in [2.05, 4.69) is 20.9 Å². The van der Waals surface area contributed by atoms with E-state index in [4.69, 9.17) is 4.74 Å². The number of halogens is 1. The Morgan fingerprint density at radius 2 is 2.14 bits per heavy atom. The Kier molecular flexibility index (Phi) is 3.62. The molecule has 110 valence electrons. The number of nitrogens with zero attached hydrogens (tertiary/aromatic N) is 2. The molecular formula is C14H13BrN2O3S. The average Bonchev–Trinajstić information content (AvgIpc) is 2.91. The molecule has 0 atom stereocenters. The fourth-order valence-corrected chi connectivity index (χ4v) is 4.21. The highest BCUT2D eigenvalue weighted by atomic mass is 79.9. The number of hydrogen-bond donors (Lipinski definition) is 0. The fourth-order valence-electron chi connectivity index (χ4n) is 2.33. The van der Waals surface area contributed by atoms with E-state index >= 15 is 0 Å². The van der Waals surface area contributed by atoms with Crippen molar-refractivity contribution in [3.8, 4) is 5.75 Å². The minimum Gasteiger partial charge on any atom is -0.497 e. The smallest absolute Gasteiger partial charge is 0.265 e. The van der Waals surface area contributed by atoms with Gasteiger partial charge in [-0.1, -0.05) is 6.07 Å². The zero-order valence-corrected chi connectivity index (χ0v) is 13.7. The van der Waals surface area contributed by atoms with Crippen LogP contribution < -0.4 is 9.04 Å². The Labute approximate surface area is 131 Å². The summed E-state index contributed by atoms with van der Waals surface area (Å²) in [4.78, 5) is 4.45. The molecule has 0 radical (unpaired) electrons. The standard InChI is InChI=1S/C14H13BrN2O3S/c1-20-12-3-2-4-13(8-12)21(18,19)17-6-5-10-7-11(15)9-16-14(10)17/h2-4,7-9H,5-6H2,1H3. The van der Waals surface area contributed by atoms with Crippen LogP contribution in [-0.2, 0) is 16.4 Å². The highest BCUT2D eigenvalue weighted by molar-refractivity contribution is 9.10. The predicted octanol–water partition coefficient (Wildman–Crippen LogP) is 2.60. The number of fused-ring (bicyclic) bond motifs is 1. The van der Waals surface area contributed by atoms with Crippen molar-refractivity contribution in [1.82, 2.24) is 4.98 Å². The van der Waals surface area contributed by atoms with Gasteiger partial charge < -0.3 is 4.74 Å². The number of anilines is 1. The van der Waals surface area contributed by atoms with Crippen molar-refractivity contribution in [2.45, 2.75) is 11.3 Å². The lowest BCUT2D eigenvalue weighted by atomic mass is 10.2. The van der Waals surface area contributed by atoms with E-state index in [1.54, 1.807) is 24.4 Å². The molecule has 0 N–H and O–H groups in total. The largest absolute Gasteiger partial charge is 0.497 e. The Bertz CT molecular complexity index is 793. The molecule has 1 aliphatic heterocycles. The Balaban J connectivity index is 2.05. The number of hydrogen-bond acceptors (Lipinski definition) is 4. The summed E-state index contributed by atoms with van der Waals surface area (Å²) >= 11 is 3.35. The average molecular weight is 369 g/mol. The number of ether oxygens (including phenoxy) is 1. The third kappa shape index (κ3) is 2.51. The first-order valence-electron chi connectivity index (χ1n) is 6.33. The van der Waals surface area contributed by atoms with E-state index in [-0.39, 0.29) is 4.90 Å². The number of aromatic nitrogens is 1. The van der Waals surface area contributed by atoms with Crippen LogP contribution in [0.4, 0.5) is 5.82 Å². The summed E-state index contributed by atoms with van der Waals surface area (Å²) in [5.41, 5.74) is 0.927. The second-order valence-corrected chi connectivity index (χ2v) is 7.42. The third-order valence-corrected chi connectivity index (χ3v) is 5.58. The van der Waals surface area contributed by atoms with Crippen molar-refractivity contribution in [2.75, 3.05) is 18.0 Å². The summed E-state index contributed by atoms with van der Waals surface area (Å²) in [6.45, 7) is 0.401. The fraction of sp³-hybridized carbons (Fsp3) is 0.214. The van der Waals surface area contributed by atoms with Gasteiger partial charge in [-0.05, 0) is 46.1 Å². The van der Waals surface area contributed by atoms with Crippen LogP contribution in [0.2, 0.25) is 0 Å². The summed E-state index contributed by atoms with van der Waals surface area (Å²) < 4.78 is 32.8. The maximum absolute atomic E-state index is 12.8. The number of sulfonamides is 1.